The molecule has 2 rings (SSSR count). The van der Waals surface area contributed by atoms with Gasteiger partial charge in [0.25, 0.3) is 5.91 Å². The van der Waals surface area contributed by atoms with E-state index in [9.17, 15) is 14.4 Å². The van der Waals surface area contributed by atoms with Crippen LogP contribution in [0.3, 0.4) is 0 Å². The number of amides is 4. The number of hydrogen-bond acceptors (Lipinski definition) is 4. The van der Waals surface area contributed by atoms with Gasteiger partial charge in [-0.2, -0.15) is 0 Å². The normalized spacial score (nSPS) is 17.5. The van der Waals surface area contributed by atoms with Gasteiger partial charge in [0.2, 0.25) is 5.91 Å². The summed E-state index contributed by atoms with van der Waals surface area (Å²) in [5.74, 6) is -0.579. The zero-order chi connectivity index (χ0) is 17.0. The molecule has 0 bridgehead atoms. The number of aryl methyl sites for hydroxylation is 1. The Kier molecular flexibility index (Phi) is 5.36. The Hall–Kier alpha value is -2.38. The second-order valence-corrected chi connectivity index (χ2v) is 5.65. The van der Waals surface area contributed by atoms with Crippen LogP contribution in [0.25, 0.3) is 0 Å². The van der Waals surface area contributed by atoms with Crippen LogP contribution < -0.4 is 10.6 Å². The Balaban J connectivity index is 1.78. The Morgan fingerprint density at radius 2 is 2.09 bits per heavy atom. The predicted molar refractivity (Wildman–Crippen MR) is 83.7 cm³/mol. The first-order valence-corrected chi connectivity index (χ1v) is 7.81. The van der Waals surface area contributed by atoms with E-state index in [2.05, 4.69) is 15.6 Å². The topological polar surface area (TPSA) is 96.3 Å². The Bertz CT molecular complexity index is 610. The number of rotatable bonds is 7. The minimum Gasteiger partial charge on any atom is -0.354 e. The van der Waals surface area contributed by atoms with Gasteiger partial charge in [0.15, 0.2) is 0 Å². The average Bonchev–Trinajstić information content (AvgIpc) is 2.95. The summed E-state index contributed by atoms with van der Waals surface area (Å²) in [4.78, 5) is 41.0. The van der Waals surface area contributed by atoms with Crippen molar-refractivity contribution in [2.75, 3.05) is 13.1 Å². The minimum atomic E-state index is -0.758. The van der Waals surface area contributed by atoms with Gasteiger partial charge in [0.1, 0.15) is 6.04 Å². The summed E-state index contributed by atoms with van der Waals surface area (Å²) < 4.78 is 1.96. The van der Waals surface area contributed by atoms with Gasteiger partial charge in [-0.3, -0.25) is 14.5 Å². The zero-order valence-electron chi connectivity index (χ0n) is 13.8. The third-order valence-corrected chi connectivity index (χ3v) is 3.96. The summed E-state index contributed by atoms with van der Waals surface area (Å²) >= 11 is 0. The molecule has 1 atom stereocenters. The van der Waals surface area contributed by atoms with E-state index < -0.39 is 12.1 Å². The standard InChI is InChI=1S/C15H23N5O3/c1-4-6-20-14(22)12(18-15(20)23)8-13(21)16-5-7-19-9-17-10(2)11(19)3/h9,12H,4-8H2,1-3H3,(H,16,21)(H,18,23). The van der Waals surface area contributed by atoms with Crippen molar-refractivity contribution in [3.05, 3.63) is 17.7 Å². The number of aromatic nitrogens is 2. The summed E-state index contributed by atoms with van der Waals surface area (Å²) in [6.07, 6.45) is 2.40. The number of urea groups is 1. The number of carbonyl (C=O) groups excluding carboxylic acids is 3. The fourth-order valence-corrected chi connectivity index (χ4v) is 2.49. The highest BCUT2D eigenvalue weighted by Gasteiger charge is 2.38. The fourth-order valence-electron chi connectivity index (χ4n) is 2.49. The maximum atomic E-state index is 12.0. The molecule has 23 heavy (non-hydrogen) atoms. The van der Waals surface area contributed by atoms with Gasteiger partial charge in [-0.15, -0.1) is 0 Å². The molecule has 2 N–H and O–H groups in total. The summed E-state index contributed by atoms with van der Waals surface area (Å²) in [6.45, 7) is 7.23. The molecule has 1 unspecified atom stereocenters. The van der Waals surface area contributed by atoms with Gasteiger partial charge in [0.05, 0.1) is 18.4 Å². The second kappa shape index (κ2) is 7.26. The number of hydrogen-bond donors (Lipinski definition) is 2. The van der Waals surface area contributed by atoms with Gasteiger partial charge < -0.3 is 15.2 Å². The van der Waals surface area contributed by atoms with Crippen LogP contribution in [0.2, 0.25) is 0 Å². The number of nitrogens with zero attached hydrogens (tertiary/aromatic N) is 3. The van der Waals surface area contributed by atoms with Crippen LogP contribution in [-0.4, -0.2) is 51.4 Å². The molecule has 1 aliphatic rings. The number of imidazole rings is 1. The van der Waals surface area contributed by atoms with Gasteiger partial charge in [-0.05, 0) is 20.3 Å². The maximum Gasteiger partial charge on any atom is 0.324 e. The molecule has 1 aliphatic heterocycles. The molecule has 2 heterocycles. The van der Waals surface area contributed by atoms with E-state index in [1.807, 2.05) is 25.3 Å². The summed E-state index contributed by atoms with van der Waals surface area (Å²) in [7, 11) is 0. The van der Waals surface area contributed by atoms with E-state index in [4.69, 9.17) is 0 Å². The number of carbonyl (C=O) groups is 3. The molecule has 1 fully saturated rings. The van der Waals surface area contributed by atoms with Crippen molar-refractivity contribution in [3.8, 4) is 0 Å². The van der Waals surface area contributed by atoms with Gasteiger partial charge >= 0.3 is 6.03 Å². The lowest BCUT2D eigenvalue weighted by Crippen LogP contribution is -2.37. The second-order valence-electron chi connectivity index (χ2n) is 5.65. The van der Waals surface area contributed by atoms with Crippen molar-refractivity contribution in [1.82, 2.24) is 25.1 Å². The maximum absolute atomic E-state index is 12.0. The molecule has 4 amide bonds. The van der Waals surface area contributed by atoms with E-state index >= 15 is 0 Å². The quantitative estimate of drug-likeness (QED) is 0.708. The molecule has 1 saturated heterocycles. The molecule has 0 spiro atoms. The predicted octanol–water partition coefficient (Wildman–Crippen LogP) is 0.337. The summed E-state index contributed by atoms with van der Waals surface area (Å²) in [5.41, 5.74) is 2.03. The van der Waals surface area contributed by atoms with Crippen LogP contribution in [-0.2, 0) is 16.1 Å². The van der Waals surface area contributed by atoms with Crippen LogP contribution in [0, 0.1) is 13.8 Å². The molecule has 0 aromatic carbocycles. The molecule has 126 valence electrons. The molecule has 1 aromatic rings. The first kappa shape index (κ1) is 17.0. The van der Waals surface area contributed by atoms with E-state index in [1.165, 1.54) is 0 Å². The molecule has 0 saturated carbocycles. The number of imide groups is 1. The first-order chi connectivity index (χ1) is 10.9. The number of nitrogens with one attached hydrogen (secondary N) is 2. The van der Waals surface area contributed by atoms with Crippen molar-refractivity contribution in [2.24, 2.45) is 0 Å². The van der Waals surface area contributed by atoms with Crippen LogP contribution in [0.5, 0.6) is 0 Å². The SMILES string of the molecule is CCCN1C(=O)NC(CC(=O)NCCn2cnc(C)c2C)C1=O. The monoisotopic (exact) mass is 321 g/mol. The molecule has 1 aromatic heterocycles. The van der Waals surface area contributed by atoms with Crippen LogP contribution in [0.15, 0.2) is 6.33 Å². The highest BCUT2D eigenvalue weighted by Crippen LogP contribution is 2.10. The Labute approximate surface area is 135 Å². The van der Waals surface area contributed by atoms with Crippen molar-refractivity contribution >= 4 is 17.8 Å². The lowest BCUT2D eigenvalue weighted by Gasteiger charge is -2.11. The third kappa shape index (κ3) is 3.88. The van der Waals surface area contributed by atoms with Crippen molar-refractivity contribution in [2.45, 2.75) is 46.2 Å². The van der Waals surface area contributed by atoms with Crippen LogP contribution in [0.1, 0.15) is 31.2 Å². The molecular formula is C15H23N5O3. The van der Waals surface area contributed by atoms with Crippen LogP contribution in [0.4, 0.5) is 4.79 Å². The molecule has 0 radical (unpaired) electrons. The highest BCUT2D eigenvalue weighted by molar-refractivity contribution is 6.05. The zero-order valence-corrected chi connectivity index (χ0v) is 13.8. The van der Waals surface area contributed by atoms with Gasteiger partial charge in [0, 0.05) is 25.3 Å². The van der Waals surface area contributed by atoms with E-state index in [0.29, 0.717) is 26.1 Å². The molecular weight excluding hydrogens is 298 g/mol. The van der Waals surface area contributed by atoms with Gasteiger partial charge in [-0.1, -0.05) is 6.92 Å². The smallest absolute Gasteiger partial charge is 0.324 e. The van der Waals surface area contributed by atoms with Crippen molar-refractivity contribution in [3.63, 3.8) is 0 Å². The van der Waals surface area contributed by atoms with Crippen molar-refractivity contribution < 1.29 is 14.4 Å². The Morgan fingerprint density at radius 1 is 1.35 bits per heavy atom. The lowest BCUT2D eigenvalue weighted by molar-refractivity contribution is -0.130. The highest BCUT2D eigenvalue weighted by atomic mass is 16.2. The minimum absolute atomic E-state index is 0.0350. The summed E-state index contributed by atoms with van der Waals surface area (Å²) in [5, 5.41) is 5.32. The van der Waals surface area contributed by atoms with Gasteiger partial charge in [-0.25, -0.2) is 9.78 Å². The largest absolute Gasteiger partial charge is 0.354 e. The lowest BCUT2D eigenvalue weighted by atomic mass is 10.2. The fraction of sp³-hybridized carbons (Fsp3) is 0.600. The van der Waals surface area contributed by atoms with E-state index in [1.54, 1.807) is 6.33 Å². The van der Waals surface area contributed by atoms with E-state index in [-0.39, 0.29) is 18.2 Å². The average molecular weight is 321 g/mol. The Morgan fingerprint density at radius 3 is 2.70 bits per heavy atom. The van der Waals surface area contributed by atoms with E-state index in [0.717, 1.165) is 16.3 Å². The van der Waals surface area contributed by atoms with Crippen molar-refractivity contribution in [1.29, 1.82) is 0 Å². The molecule has 8 nitrogen and oxygen atoms in total. The molecule has 0 aliphatic carbocycles. The third-order valence-electron chi connectivity index (χ3n) is 3.96. The first-order valence-electron chi connectivity index (χ1n) is 7.81. The molecule has 8 heteroatoms. The summed E-state index contributed by atoms with van der Waals surface area (Å²) in [6, 6.07) is -1.18. The van der Waals surface area contributed by atoms with Crippen LogP contribution >= 0.6 is 0 Å².